The van der Waals surface area contributed by atoms with Crippen molar-refractivity contribution in [3.8, 4) is 0 Å². The molecule has 0 atom stereocenters. The Morgan fingerprint density at radius 2 is 2.36 bits per heavy atom. The van der Waals surface area contributed by atoms with Gasteiger partial charge in [0.25, 0.3) is 0 Å². The number of rotatable bonds is 1. The summed E-state index contributed by atoms with van der Waals surface area (Å²) in [5.74, 6) is 0.701. The molecule has 1 fully saturated rings. The Morgan fingerprint density at radius 3 is 3.00 bits per heavy atom. The van der Waals surface area contributed by atoms with Gasteiger partial charge in [-0.25, -0.2) is 4.98 Å². The van der Waals surface area contributed by atoms with Crippen LogP contribution in [0.4, 0.5) is 0 Å². The molecular weight excluding hydrogens is 156 g/mol. The molecule has 0 bridgehead atoms. The lowest BCUT2D eigenvalue weighted by Gasteiger charge is -2.20. The zero-order chi connectivity index (χ0) is 7.52. The third kappa shape index (κ3) is 1.60. The van der Waals surface area contributed by atoms with Gasteiger partial charge in [0, 0.05) is 11.3 Å². The Balaban J connectivity index is 2.04. The van der Waals surface area contributed by atoms with Gasteiger partial charge in [-0.3, -0.25) is 0 Å². The standard InChI is InChI=1S/C8H11N2S/c1-3-9-4-2-7(1)8-10-5-6-11-8/h6-7,9H,1-4H2. The van der Waals surface area contributed by atoms with E-state index in [1.165, 1.54) is 17.8 Å². The molecule has 11 heavy (non-hydrogen) atoms. The molecule has 1 N–H and O–H groups in total. The minimum Gasteiger partial charge on any atom is -0.317 e. The first-order valence-electron chi connectivity index (χ1n) is 3.99. The second-order valence-electron chi connectivity index (χ2n) is 2.84. The van der Waals surface area contributed by atoms with E-state index < -0.39 is 0 Å². The molecule has 0 spiro atoms. The lowest BCUT2D eigenvalue weighted by atomic mass is 9.99. The molecule has 1 saturated heterocycles. The van der Waals surface area contributed by atoms with E-state index in [1.54, 1.807) is 11.3 Å². The van der Waals surface area contributed by atoms with E-state index in [-0.39, 0.29) is 0 Å². The summed E-state index contributed by atoms with van der Waals surface area (Å²) >= 11 is 1.74. The summed E-state index contributed by atoms with van der Waals surface area (Å²) in [6, 6.07) is 0. The maximum Gasteiger partial charge on any atom is 0.101 e. The van der Waals surface area contributed by atoms with E-state index in [9.17, 15) is 0 Å². The first kappa shape index (κ1) is 7.25. The SMILES string of the molecule is [c]1csc(C2CCNCC2)n1. The Hall–Kier alpha value is -0.410. The summed E-state index contributed by atoms with van der Waals surface area (Å²) in [5.41, 5.74) is 0. The fraction of sp³-hybridized carbons (Fsp3) is 0.625. The summed E-state index contributed by atoms with van der Waals surface area (Å²) in [7, 11) is 0. The van der Waals surface area contributed by atoms with Crippen LogP contribution in [0.3, 0.4) is 0 Å². The molecule has 1 aliphatic rings. The molecule has 1 aromatic heterocycles. The molecule has 0 saturated carbocycles. The molecule has 3 heteroatoms. The van der Waals surface area contributed by atoms with Crippen LogP contribution >= 0.6 is 11.3 Å². The van der Waals surface area contributed by atoms with E-state index in [4.69, 9.17) is 0 Å². The average Bonchev–Trinajstić information content (AvgIpc) is 2.58. The number of thiazole rings is 1. The van der Waals surface area contributed by atoms with Crippen molar-refractivity contribution < 1.29 is 0 Å². The number of piperidine rings is 1. The van der Waals surface area contributed by atoms with Crippen LogP contribution in [0, 0.1) is 6.20 Å². The van der Waals surface area contributed by atoms with E-state index in [0.29, 0.717) is 5.92 Å². The van der Waals surface area contributed by atoms with Crippen molar-refractivity contribution >= 4 is 11.3 Å². The number of hydrogen-bond acceptors (Lipinski definition) is 3. The van der Waals surface area contributed by atoms with Crippen molar-refractivity contribution in [1.82, 2.24) is 10.3 Å². The van der Waals surface area contributed by atoms with Gasteiger partial charge in [-0.05, 0) is 25.9 Å². The quantitative estimate of drug-likeness (QED) is 0.684. The molecule has 0 unspecified atom stereocenters. The van der Waals surface area contributed by atoms with Gasteiger partial charge in [-0.15, -0.1) is 11.3 Å². The second kappa shape index (κ2) is 3.32. The average molecular weight is 167 g/mol. The Bertz CT molecular complexity index is 202. The van der Waals surface area contributed by atoms with Crippen LogP contribution in [0.25, 0.3) is 0 Å². The lowest BCUT2D eigenvalue weighted by Crippen LogP contribution is -2.26. The zero-order valence-corrected chi connectivity index (χ0v) is 7.16. The normalized spacial score (nSPS) is 20.4. The van der Waals surface area contributed by atoms with E-state index in [2.05, 4.69) is 16.5 Å². The van der Waals surface area contributed by atoms with E-state index in [1.807, 2.05) is 5.38 Å². The smallest absolute Gasteiger partial charge is 0.101 e. The van der Waals surface area contributed by atoms with Crippen LogP contribution in [0.2, 0.25) is 0 Å². The number of nitrogens with zero attached hydrogens (tertiary/aromatic N) is 1. The predicted molar refractivity (Wildman–Crippen MR) is 45.8 cm³/mol. The lowest BCUT2D eigenvalue weighted by molar-refractivity contribution is 0.459. The van der Waals surface area contributed by atoms with Crippen LogP contribution in [0.15, 0.2) is 5.38 Å². The minimum absolute atomic E-state index is 0.701. The van der Waals surface area contributed by atoms with Crippen LogP contribution in [0.1, 0.15) is 23.8 Å². The van der Waals surface area contributed by atoms with Crippen LogP contribution in [-0.2, 0) is 0 Å². The second-order valence-corrected chi connectivity index (χ2v) is 3.73. The molecule has 1 radical (unpaired) electrons. The van der Waals surface area contributed by atoms with Gasteiger partial charge in [-0.1, -0.05) is 0 Å². The van der Waals surface area contributed by atoms with Crippen molar-refractivity contribution in [2.45, 2.75) is 18.8 Å². The summed E-state index contributed by atoms with van der Waals surface area (Å²) < 4.78 is 0. The summed E-state index contributed by atoms with van der Waals surface area (Å²) in [6.07, 6.45) is 5.35. The largest absolute Gasteiger partial charge is 0.317 e. The summed E-state index contributed by atoms with van der Waals surface area (Å²) in [4.78, 5) is 4.21. The Morgan fingerprint density at radius 1 is 1.55 bits per heavy atom. The first-order chi connectivity index (χ1) is 5.47. The van der Waals surface area contributed by atoms with Crippen LogP contribution in [-0.4, -0.2) is 18.1 Å². The number of nitrogens with one attached hydrogen (secondary N) is 1. The van der Waals surface area contributed by atoms with Crippen LogP contribution in [0.5, 0.6) is 0 Å². The maximum absolute atomic E-state index is 4.21. The third-order valence-electron chi connectivity index (χ3n) is 2.10. The highest BCUT2D eigenvalue weighted by Crippen LogP contribution is 2.25. The molecule has 0 aliphatic carbocycles. The van der Waals surface area contributed by atoms with Gasteiger partial charge in [0.15, 0.2) is 0 Å². The van der Waals surface area contributed by atoms with Crippen molar-refractivity contribution in [2.75, 3.05) is 13.1 Å². The summed E-state index contributed by atoms with van der Waals surface area (Å²) in [5, 5.41) is 6.56. The van der Waals surface area contributed by atoms with Gasteiger partial charge < -0.3 is 5.32 Å². The highest BCUT2D eigenvalue weighted by atomic mass is 32.1. The van der Waals surface area contributed by atoms with Gasteiger partial charge >= 0.3 is 0 Å². The van der Waals surface area contributed by atoms with Crippen molar-refractivity contribution in [2.24, 2.45) is 0 Å². The van der Waals surface area contributed by atoms with Gasteiger partial charge in [0.1, 0.15) is 6.20 Å². The topological polar surface area (TPSA) is 24.9 Å². The molecule has 2 rings (SSSR count). The van der Waals surface area contributed by atoms with Crippen molar-refractivity contribution in [1.29, 1.82) is 0 Å². The monoisotopic (exact) mass is 167 g/mol. The minimum atomic E-state index is 0.701. The predicted octanol–water partition coefficient (Wildman–Crippen LogP) is 1.41. The fourth-order valence-corrected chi connectivity index (χ4v) is 2.22. The fourth-order valence-electron chi connectivity index (χ4n) is 1.46. The number of aromatic nitrogens is 1. The maximum atomic E-state index is 4.21. The van der Waals surface area contributed by atoms with E-state index in [0.717, 1.165) is 13.1 Å². The van der Waals surface area contributed by atoms with Gasteiger partial charge in [-0.2, -0.15) is 0 Å². The molecule has 0 aromatic carbocycles. The molecule has 1 aromatic rings. The third-order valence-corrected chi connectivity index (χ3v) is 2.98. The molecule has 59 valence electrons. The van der Waals surface area contributed by atoms with E-state index >= 15 is 0 Å². The van der Waals surface area contributed by atoms with Gasteiger partial charge in [0.05, 0.1) is 5.01 Å². The number of hydrogen-bond donors (Lipinski definition) is 1. The van der Waals surface area contributed by atoms with Crippen LogP contribution < -0.4 is 5.32 Å². The highest BCUT2D eigenvalue weighted by molar-refractivity contribution is 7.09. The highest BCUT2D eigenvalue weighted by Gasteiger charge is 2.16. The molecule has 2 heterocycles. The molecule has 2 nitrogen and oxygen atoms in total. The molecular formula is C8H11N2S. The van der Waals surface area contributed by atoms with Crippen molar-refractivity contribution in [3.05, 3.63) is 16.6 Å². The molecule has 1 aliphatic heterocycles. The zero-order valence-electron chi connectivity index (χ0n) is 6.34. The van der Waals surface area contributed by atoms with Crippen molar-refractivity contribution in [3.63, 3.8) is 0 Å². The first-order valence-corrected chi connectivity index (χ1v) is 4.87. The Kier molecular flexibility index (Phi) is 2.19. The molecule has 0 amide bonds. The van der Waals surface area contributed by atoms with Gasteiger partial charge in [0.2, 0.25) is 0 Å². The summed E-state index contributed by atoms with van der Waals surface area (Å²) in [6.45, 7) is 2.29. The Labute approximate surface area is 70.7 Å².